The molecular weight excluding hydrogens is 338 g/mol. The molecule has 2 nitrogen and oxygen atoms in total. The smallest absolute Gasteiger partial charge is 0.161 e. The van der Waals surface area contributed by atoms with E-state index in [-0.39, 0.29) is 0 Å². The number of rotatable bonds is 1. The van der Waals surface area contributed by atoms with Crippen molar-refractivity contribution in [2.75, 3.05) is 0 Å². The van der Waals surface area contributed by atoms with Gasteiger partial charge in [0.25, 0.3) is 0 Å². The van der Waals surface area contributed by atoms with E-state index in [0.717, 1.165) is 5.56 Å². The zero-order chi connectivity index (χ0) is 14.3. The molecule has 0 fully saturated rings. The normalized spacial score (nSPS) is 11.0. The maximum absolute atomic E-state index is 6.19. The van der Waals surface area contributed by atoms with Crippen LogP contribution in [0.4, 0.5) is 0 Å². The molecule has 100 valence electrons. The molecule has 2 aromatic carbocycles. The molecular formula is C14H6Cl4N2. The summed E-state index contributed by atoms with van der Waals surface area (Å²) in [7, 11) is 0. The van der Waals surface area contributed by atoms with E-state index in [1.807, 2.05) is 12.1 Å². The Hall–Kier alpha value is -1.06. The fourth-order valence-corrected chi connectivity index (χ4v) is 2.83. The quantitative estimate of drug-likeness (QED) is 0.513. The molecule has 3 aromatic rings. The molecule has 0 amide bonds. The first kappa shape index (κ1) is 13.9. The summed E-state index contributed by atoms with van der Waals surface area (Å²) in [6.45, 7) is 0. The van der Waals surface area contributed by atoms with Crippen LogP contribution in [0.1, 0.15) is 0 Å². The summed E-state index contributed by atoms with van der Waals surface area (Å²) >= 11 is 24.3. The number of hydrogen-bond donors (Lipinski definition) is 0. The van der Waals surface area contributed by atoms with Gasteiger partial charge in [-0.25, -0.2) is 9.97 Å². The third kappa shape index (κ3) is 2.57. The molecule has 0 bridgehead atoms. The van der Waals surface area contributed by atoms with E-state index in [2.05, 4.69) is 9.97 Å². The summed E-state index contributed by atoms with van der Waals surface area (Å²) in [4.78, 5) is 8.72. The van der Waals surface area contributed by atoms with E-state index in [1.54, 1.807) is 24.3 Å². The van der Waals surface area contributed by atoms with E-state index in [4.69, 9.17) is 46.4 Å². The van der Waals surface area contributed by atoms with Gasteiger partial charge in [0.15, 0.2) is 5.82 Å². The second-order valence-electron chi connectivity index (χ2n) is 4.13. The van der Waals surface area contributed by atoms with Gasteiger partial charge in [-0.2, -0.15) is 0 Å². The molecule has 0 saturated heterocycles. The van der Waals surface area contributed by atoms with Crippen LogP contribution in [0.3, 0.4) is 0 Å². The second kappa shape index (κ2) is 5.38. The predicted molar refractivity (Wildman–Crippen MR) is 85.0 cm³/mol. The molecule has 0 N–H and O–H groups in total. The van der Waals surface area contributed by atoms with Crippen LogP contribution in [0.2, 0.25) is 20.2 Å². The maximum atomic E-state index is 6.19. The van der Waals surface area contributed by atoms with Crippen LogP contribution < -0.4 is 0 Å². The minimum atomic E-state index is 0.300. The highest BCUT2D eigenvalue weighted by atomic mass is 35.5. The Bertz CT molecular complexity index is 818. The van der Waals surface area contributed by atoms with Crippen molar-refractivity contribution in [2.45, 2.75) is 0 Å². The molecule has 6 heteroatoms. The van der Waals surface area contributed by atoms with E-state index < -0.39 is 0 Å². The molecule has 0 aliphatic carbocycles. The predicted octanol–water partition coefficient (Wildman–Crippen LogP) is 5.91. The number of aromatic nitrogens is 2. The Morgan fingerprint density at radius 3 is 2.35 bits per heavy atom. The van der Waals surface area contributed by atoms with Crippen LogP contribution in [0, 0.1) is 0 Å². The number of benzene rings is 2. The Morgan fingerprint density at radius 2 is 1.60 bits per heavy atom. The Kier molecular flexibility index (Phi) is 3.74. The average Bonchev–Trinajstić information content (AvgIpc) is 2.39. The first-order valence-corrected chi connectivity index (χ1v) is 7.14. The lowest BCUT2D eigenvalue weighted by Crippen LogP contribution is -1.92. The molecule has 0 atom stereocenters. The maximum Gasteiger partial charge on any atom is 0.161 e. The minimum Gasteiger partial charge on any atom is -0.226 e. The molecule has 0 spiro atoms. The van der Waals surface area contributed by atoms with Gasteiger partial charge in [0.05, 0.1) is 10.5 Å². The van der Waals surface area contributed by atoms with Gasteiger partial charge < -0.3 is 0 Å². The largest absolute Gasteiger partial charge is 0.226 e. The first-order valence-electron chi connectivity index (χ1n) is 5.63. The van der Waals surface area contributed by atoms with E-state index in [1.165, 1.54) is 0 Å². The highest BCUT2D eigenvalue weighted by Crippen LogP contribution is 2.32. The highest BCUT2D eigenvalue weighted by Gasteiger charge is 2.12. The monoisotopic (exact) mass is 342 g/mol. The van der Waals surface area contributed by atoms with Gasteiger partial charge in [-0.3, -0.25) is 0 Å². The molecule has 0 unspecified atom stereocenters. The van der Waals surface area contributed by atoms with Gasteiger partial charge in [-0.1, -0.05) is 58.5 Å². The second-order valence-corrected chi connectivity index (χ2v) is 5.77. The summed E-state index contributed by atoms with van der Waals surface area (Å²) in [5.41, 5.74) is 1.33. The summed E-state index contributed by atoms with van der Waals surface area (Å²) in [5, 5.41) is 2.44. The van der Waals surface area contributed by atoms with Crippen LogP contribution in [0.5, 0.6) is 0 Å². The molecule has 0 saturated carbocycles. The van der Waals surface area contributed by atoms with E-state index >= 15 is 0 Å². The van der Waals surface area contributed by atoms with Gasteiger partial charge in [-0.15, -0.1) is 0 Å². The van der Waals surface area contributed by atoms with Gasteiger partial charge in [0.2, 0.25) is 0 Å². The summed E-state index contributed by atoms with van der Waals surface area (Å²) < 4.78 is 0. The fraction of sp³-hybridized carbons (Fsp3) is 0. The molecule has 0 aliphatic heterocycles. The highest BCUT2D eigenvalue weighted by molar-refractivity contribution is 6.41. The topological polar surface area (TPSA) is 25.8 Å². The molecule has 1 heterocycles. The average molecular weight is 344 g/mol. The Morgan fingerprint density at radius 1 is 0.800 bits per heavy atom. The lowest BCUT2D eigenvalue weighted by molar-refractivity contribution is 1.23. The first-order chi connectivity index (χ1) is 9.54. The van der Waals surface area contributed by atoms with Crippen molar-refractivity contribution in [1.29, 1.82) is 0 Å². The van der Waals surface area contributed by atoms with Crippen LogP contribution in [-0.2, 0) is 0 Å². The van der Waals surface area contributed by atoms with Gasteiger partial charge in [0.1, 0.15) is 5.15 Å². The van der Waals surface area contributed by atoms with Crippen molar-refractivity contribution in [2.24, 2.45) is 0 Å². The summed E-state index contributed by atoms with van der Waals surface area (Å²) in [5.74, 6) is 0.467. The van der Waals surface area contributed by atoms with Crippen LogP contribution in [-0.4, -0.2) is 9.97 Å². The van der Waals surface area contributed by atoms with Gasteiger partial charge in [0, 0.05) is 21.0 Å². The Balaban J connectivity index is 2.29. The molecule has 0 radical (unpaired) electrons. The molecule has 0 aliphatic rings. The van der Waals surface area contributed by atoms with Crippen LogP contribution >= 0.6 is 46.4 Å². The van der Waals surface area contributed by atoms with Crippen molar-refractivity contribution in [3.05, 3.63) is 56.6 Å². The SMILES string of the molecule is Clc1cccc(-c2nc(Cl)c3cc(Cl)cc(Cl)c3n2)c1. The van der Waals surface area contributed by atoms with Crippen molar-refractivity contribution in [1.82, 2.24) is 9.97 Å². The van der Waals surface area contributed by atoms with Crippen molar-refractivity contribution < 1.29 is 0 Å². The van der Waals surface area contributed by atoms with Crippen LogP contribution in [0.25, 0.3) is 22.3 Å². The molecule has 1 aromatic heterocycles. The Labute approximate surface area is 135 Å². The fourth-order valence-electron chi connectivity index (χ4n) is 1.88. The number of nitrogens with zero attached hydrogens (tertiary/aromatic N) is 2. The third-order valence-corrected chi connectivity index (χ3v) is 3.78. The van der Waals surface area contributed by atoms with Gasteiger partial charge in [-0.05, 0) is 24.3 Å². The lowest BCUT2D eigenvalue weighted by atomic mass is 10.2. The number of hydrogen-bond acceptors (Lipinski definition) is 2. The number of fused-ring (bicyclic) bond motifs is 1. The van der Waals surface area contributed by atoms with Gasteiger partial charge >= 0.3 is 0 Å². The number of halogens is 4. The molecule has 3 rings (SSSR count). The zero-order valence-corrected chi connectivity index (χ0v) is 12.9. The van der Waals surface area contributed by atoms with Crippen molar-refractivity contribution in [3.63, 3.8) is 0 Å². The molecule has 20 heavy (non-hydrogen) atoms. The summed E-state index contributed by atoms with van der Waals surface area (Å²) in [6, 6.07) is 10.5. The van der Waals surface area contributed by atoms with Crippen LogP contribution in [0.15, 0.2) is 36.4 Å². The van der Waals surface area contributed by atoms with E-state index in [0.29, 0.717) is 36.9 Å². The minimum absolute atomic E-state index is 0.300. The standard InChI is InChI=1S/C14H6Cl4N2/c15-8-3-1-2-7(4-8)14-19-12-10(13(18)20-14)5-9(16)6-11(12)17/h1-6H. The lowest BCUT2D eigenvalue weighted by Gasteiger charge is -2.07. The van der Waals surface area contributed by atoms with Crippen molar-refractivity contribution >= 4 is 57.3 Å². The van der Waals surface area contributed by atoms with E-state index in [9.17, 15) is 0 Å². The zero-order valence-electron chi connectivity index (χ0n) is 9.87. The third-order valence-electron chi connectivity index (χ3n) is 2.76. The summed E-state index contributed by atoms with van der Waals surface area (Å²) in [6.07, 6.45) is 0. The van der Waals surface area contributed by atoms with Crippen molar-refractivity contribution in [3.8, 4) is 11.4 Å².